The fraction of sp³-hybridized carbons (Fsp3) is 0.714. The van der Waals surface area contributed by atoms with Crippen molar-refractivity contribution in [2.24, 2.45) is 16.7 Å². The van der Waals surface area contributed by atoms with Crippen molar-refractivity contribution in [3.8, 4) is 0 Å². The van der Waals surface area contributed by atoms with E-state index in [9.17, 15) is 26.4 Å². The van der Waals surface area contributed by atoms with Crippen LogP contribution >= 0.6 is 0 Å². The number of sulfonamides is 1. The van der Waals surface area contributed by atoms with Gasteiger partial charge < -0.3 is 4.90 Å². The van der Waals surface area contributed by atoms with Crippen LogP contribution in [-0.4, -0.2) is 55.4 Å². The zero-order chi connectivity index (χ0) is 22.7. The number of aromatic nitrogens is 1. The van der Waals surface area contributed by atoms with Gasteiger partial charge in [0, 0.05) is 44.2 Å². The number of alkyl halides is 3. The highest BCUT2D eigenvalue weighted by Crippen LogP contribution is 2.64. The number of anilines is 1. The van der Waals surface area contributed by atoms with Gasteiger partial charge in [-0.15, -0.1) is 0 Å². The summed E-state index contributed by atoms with van der Waals surface area (Å²) in [6, 6.07) is 2.32. The van der Waals surface area contributed by atoms with Crippen molar-refractivity contribution >= 4 is 21.6 Å². The Morgan fingerprint density at radius 2 is 1.90 bits per heavy atom. The van der Waals surface area contributed by atoms with Gasteiger partial charge >= 0.3 is 6.18 Å². The zero-order valence-corrected chi connectivity index (χ0v) is 18.6. The summed E-state index contributed by atoms with van der Waals surface area (Å²) in [6.07, 6.45) is -1.12. The van der Waals surface area contributed by atoms with Gasteiger partial charge in [-0.25, -0.2) is 17.7 Å². The predicted molar refractivity (Wildman–Crippen MR) is 110 cm³/mol. The fourth-order valence-electron chi connectivity index (χ4n) is 5.65. The van der Waals surface area contributed by atoms with Gasteiger partial charge in [-0.05, 0) is 42.7 Å². The first-order chi connectivity index (χ1) is 14.4. The maximum absolute atomic E-state index is 13.3. The third kappa shape index (κ3) is 3.75. The zero-order valence-electron chi connectivity index (χ0n) is 17.8. The largest absolute Gasteiger partial charge is 0.417 e. The summed E-state index contributed by atoms with van der Waals surface area (Å²) in [5, 5.41) is 0. The van der Waals surface area contributed by atoms with Crippen LogP contribution in [-0.2, 0) is 21.0 Å². The van der Waals surface area contributed by atoms with Crippen LogP contribution in [0.3, 0.4) is 0 Å². The molecule has 1 aromatic heterocycles. The van der Waals surface area contributed by atoms with Crippen molar-refractivity contribution in [1.82, 2.24) is 9.29 Å². The maximum atomic E-state index is 13.3. The van der Waals surface area contributed by atoms with E-state index in [0.29, 0.717) is 44.7 Å². The number of rotatable bonds is 4. The molecule has 1 aromatic rings. The number of hydrogen-bond acceptors (Lipinski definition) is 5. The van der Waals surface area contributed by atoms with Crippen molar-refractivity contribution < 1.29 is 26.4 Å². The summed E-state index contributed by atoms with van der Waals surface area (Å²) in [7, 11) is -3.65. The SMILES string of the molecule is CC1(C)C2CCC1(CS(=O)(=O)N1CCCN(c3ccc(C(F)(F)F)cn3)CC1)C(=O)C2. The first-order valence-corrected chi connectivity index (χ1v) is 12.3. The van der Waals surface area contributed by atoms with E-state index in [0.717, 1.165) is 18.7 Å². The molecule has 2 heterocycles. The molecule has 2 atom stereocenters. The van der Waals surface area contributed by atoms with E-state index in [1.807, 2.05) is 18.7 Å². The molecule has 31 heavy (non-hydrogen) atoms. The Bertz CT molecular complexity index is 962. The first kappa shape index (κ1) is 22.5. The number of Topliss-reactive ketones (excluding diaryl/α,β-unsaturated/α-hetero) is 1. The van der Waals surface area contributed by atoms with Gasteiger partial charge in [0.05, 0.1) is 11.3 Å². The van der Waals surface area contributed by atoms with Crippen LogP contribution in [0.5, 0.6) is 0 Å². The van der Waals surface area contributed by atoms with Crippen molar-refractivity contribution in [3.63, 3.8) is 0 Å². The molecule has 172 valence electrons. The molecule has 2 unspecified atom stereocenters. The first-order valence-electron chi connectivity index (χ1n) is 10.7. The molecule has 0 radical (unpaired) electrons. The highest BCUT2D eigenvalue weighted by Gasteiger charge is 2.65. The van der Waals surface area contributed by atoms with E-state index in [1.54, 1.807) is 0 Å². The summed E-state index contributed by atoms with van der Waals surface area (Å²) in [6.45, 7) is 5.43. The minimum atomic E-state index is -4.45. The fourth-order valence-corrected chi connectivity index (χ4v) is 7.90. The third-order valence-corrected chi connectivity index (χ3v) is 9.82. The average Bonchev–Trinajstić information content (AvgIpc) is 2.92. The third-order valence-electron chi connectivity index (χ3n) is 7.82. The number of fused-ring (bicyclic) bond motifs is 2. The normalized spacial score (nSPS) is 29.4. The van der Waals surface area contributed by atoms with Crippen molar-refractivity contribution in [3.05, 3.63) is 23.9 Å². The second-order valence-corrected chi connectivity index (χ2v) is 11.5. The quantitative estimate of drug-likeness (QED) is 0.691. The van der Waals surface area contributed by atoms with Crippen LogP contribution in [0, 0.1) is 16.7 Å². The van der Waals surface area contributed by atoms with E-state index in [4.69, 9.17) is 0 Å². The van der Waals surface area contributed by atoms with Crippen LogP contribution in [0.1, 0.15) is 45.1 Å². The number of nitrogens with zero attached hydrogens (tertiary/aromatic N) is 3. The molecule has 4 rings (SSSR count). The molecular weight excluding hydrogens is 431 g/mol. The number of hydrogen-bond donors (Lipinski definition) is 0. The maximum Gasteiger partial charge on any atom is 0.417 e. The van der Waals surface area contributed by atoms with Crippen LogP contribution in [0.4, 0.5) is 19.0 Å². The Morgan fingerprint density at radius 3 is 2.45 bits per heavy atom. The molecule has 3 fully saturated rings. The molecule has 10 heteroatoms. The number of carbonyl (C=O) groups is 1. The van der Waals surface area contributed by atoms with E-state index < -0.39 is 27.2 Å². The molecule has 2 aliphatic carbocycles. The van der Waals surface area contributed by atoms with Crippen molar-refractivity contribution in [2.75, 3.05) is 36.8 Å². The minimum absolute atomic E-state index is 0.0720. The van der Waals surface area contributed by atoms with Gasteiger partial charge in [0.15, 0.2) is 0 Å². The van der Waals surface area contributed by atoms with Crippen LogP contribution in [0.2, 0.25) is 0 Å². The Kier molecular flexibility index (Phi) is 5.40. The van der Waals surface area contributed by atoms with Gasteiger partial charge in [-0.2, -0.15) is 13.2 Å². The lowest BCUT2D eigenvalue weighted by molar-refractivity contribution is -0.137. The predicted octanol–water partition coefficient (Wildman–Crippen LogP) is 3.34. The Morgan fingerprint density at radius 1 is 1.16 bits per heavy atom. The van der Waals surface area contributed by atoms with E-state index >= 15 is 0 Å². The van der Waals surface area contributed by atoms with Gasteiger partial charge in [0.25, 0.3) is 0 Å². The summed E-state index contributed by atoms with van der Waals surface area (Å²) in [4.78, 5) is 18.5. The molecule has 0 amide bonds. The molecule has 0 spiro atoms. The second-order valence-electron chi connectivity index (χ2n) is 9.57. The highest BCUT2D eigenvalue weighted by molar-refractivity contribution is 7.89. The number of pyridine rings is 1. The molecular formula is C21H28F3N3O3S. The Hall–Kier alpha value is -1.68. The lowest BCUT2D eigenvalue weighted by atomic mass is 9.70. The summed E-state index contributed by atoms with van der Waals surface area (Å²) >= 11 is 0. The number of ketones is 1. The van der Waals surface area contributed by atoms with Gasteiger partial charge in [-0.1, -0.05) is 13.8 Å². The second kappa shape index (κ2) is 7.43. The molecule has 2 bridgehead atoms. The highest BCUT2D eigenvalue weighted by atomic mass is 32.2. The van der Waals surface area contributed by atoms with Gasteiger partial charge in [-0.3, -0.25) is 4.79 Å². The van der Waals surface area contributed by atoms with Gasteiger partial charge in [0.2, 0.25) is 10.0 Å². The monoisotopic (exact) mass is 459 g/mol. The number of carbonyl (C=O) groups excluding carboxylic acids is 1. The Labute approximate surface area is 180 Å². The topological polar surface area (TPSA) is 70.6 Å². The van der Waals surface area contributed by atoms with Crippen LogP contribution in [0.25, 0.3) is 0 Å². The van der Waals surface area contributed by atoms with Crippen molar-refractivity contribution in [1.29, 1.82) is 0 Å². The molecule has 3 aliphatic rings. The summed E-state index contributed by atoms with van der Waals surface area (Å²) in [5.74, 6) is 0.570. The van der Waals surface area contributed by atoms with Crippen LogP contribution in [0.15, 0.2) is 18.3 Å². The smallest absolute Gasteiger partial charge is 0.355 e. The molecule has 0 N–H and O–H groups in total. The molecule has 6 nitrogen and oxygen atoms in total. The average molecular weight is 460 g/mol. The summed E-state index contributed by atoms with van der Waals surface area (Å²) in [5.41, 5.74) is -1.94. The lowest BCUT2D eigenvalue weighted by Crippen LogP contribution is -2.47. The molecule has 1 aliphatic heterocycles. The Balaban J connectivity index is 1.47. The van der Waals surface area contributed by atoms with E-state index in [1.165, 1.54) is 10.4 Å². The lowest BCUT2D eigenvalue weighted by Gasteiger charge is -2.37. The van der Waals surface area contributed by atoms with Crippen molar-refractivity contribution in [2.45, 2.75) is 45.7 Å². The minimum Gasteiger partial charge on any atom is -0.355 e. The van der Waals surface area contributed by atoms with Crippen LogP contribution < -0.4 is 4.90 Å². The van der Waals surface area contributed by atoms with Gasteiger partial charge in [0.1, 0.15) is 11.6 Å². The molecule has 2 saturated carbocycles. The standard InChI is InChI=1S/C21H28F3N3O3S/c1-19(2)15-6-7-20(19,17(28)12-15)14-31(29,30)27-9-3-8-26(10-11-27)18-5-4-16(13-25-18)21(22,23)24/h4-5,13,15H,3,6-12,14H2,1-2H3. The van der Waals surface area contributed by atoms with E-state index in [-0.39, 0.29) is 29.4 Å². The molecule has 1 saturated heterocycles. The molecule has 0 aromatic carbocycles. The summed E-state index contributed by atoms with van der Waals surface area (Å²) < 4.78 is 66.4. The number of halogens is 3. The van der Waals surface area contributed by atoms with E-state index in [2.05, 4.69) is 4.98 Å².